The molecule has 0 aromatic heterocycles. The van der Waals surface area contributed by atoms with Crippen LogP contribution in [0.4, 0.5) is 5.69 Å². The van der Waals surface area contributed by atoms with Crippen LogP contribution in [0.3, 0.4) is 0 Å². The summed E-state index contributed by atoms with van der Waals surface area (Å²) in [6.07, 6.45) is 0. The van der Waals surface area contributed by atoms with Crippen molar-refractivity contribution in [2.75, 3.05) is 31.3 Å². The Kier molecular flexibility index (Phi) is 8.56. The Hall–Kier alpha value is -3.68. The van der Waals surface area contributed by atoms with E-state index in [9.17, 15) is 19.2 Å². The maximum absolute atomic E-state index is 12.5. The lowest BCUT2D eigenvalue weighted by Crippen LogP contribution is -2.39. The average Bonchev–Trinajstić information content (AvgIpc) is 2.75. The van der Waals surface area contributed by atoms with Crippen molar-refractivity contribution in [2.45, 2.75) is 13.8 Å². The van der Waals surface area contributed by atoms with Crippen LogP contribution in [0.25, 0.3) is 0 Å². The maximum atomic E-state index is 12.5. The molecule has 0 saturated heterocycles. The molecule has 0 aliphatic heterocycles. The summed E-state index contributed by atoms with van der Waals surface area (Å²) in [7, 11) is 0. The summed E-state index contributed by atoms with van der Waals surface area (Å²) in [5.41, 5.74) is 1.01. The van der Waals surface area contributed by atoms with E-state index in [0.29, 0.717) is 17.0 Å². The van der Waals surface area contributed by atoms with E-state index in [1.54, 1.807) is 61.5 Å². The Morgan fingerprint density at radius 1 is 0.833 bits per heavy atom. The van der Waals surface area contributed by atoms with Crippen LogP contribution in [0.2, 0.25) is 0 Å². The molecule has 2 rings (SSSR count). The zero-order chi connectivity index (χ0) is 21.9. The predicted octanol–water partition coefficient (Wildman–Crippen LogP) is 2.41. The largest absolute Gasteiger partial charge is 0.482 e. The van der Waals surface area contributed by atoms with Crippen molar-refractivity contribution < 1.29 is 33.4 Å². The minimum Gasteiger partial charge on any atom is -0.482 e. The monoisotopic (exact) mass is 413 g/mol. The minimum absolute atomic E-state index is 0.0785. The van der Waals surface area contributed by atoms with Crippen molar-refractivity contribution in [3.8, 4) is 5.75 Å². The fraction of sp³-hybridized carbons (Fsp3) is 0.273. The highest BCUT2D eigenvalue weighted by atomic mass is 16.6. The molecule has 0 N–H and O–H groups in total. The molecule has 0 heterocycles. The number of benzene rings is 2. The van der Waals surface area contributed by atoms with Crippen LogP contribution >= 0.6 is 0 Å². The molecule has 1 amide bonds. The Labute approximate surface area is 174 Å². The highest BCUT2D eigenvalue weighted by Crippen LogP contribution is 2.14. The number of nitrogens with zero attached hydrogens (tertiary/aromatic N) is 1. The highest BCUT2D eigenvalue weighted by Gasteiger charge is 2.21. The van der Waals surface area contributed by atoms with Gasteiger partial charge in [0.25, 0.3) is 5.91 Å². The molecule has 0 unspecified atom stereocenters. The van der Waals surface area contributed by atoms with Crippen LogP contribution in [-0.2, 0) is 23.9 Å². The Morgan fingerprint density at radius 3 is 2.10 bits per heavy atom. The molecule has 158 valence electrons. The van der Waals surface area contributed by atoms with Gasteiger partial charge in [-0.15, -0.1) is 0 Å². The summed E-state index contributed by atoms with van der Waals surface area (Å²) >= 11 is 0. The minimum atomic E-state index is -0.747. The Bertz CT molecular complexity index is 878. The smallest absolute Gasteiger partial charge is 0.344 e. The lowest BCUT2D eigenvalue weighted by atomic mass is 10.1. The molecule has 2 aromatic rings. The molecular weight excluding hydrogens is 390 g/mol. The van der Waals surface area contributed by atoms with Crippen LogP contribution in [0.5, 0.6) is 5.75 Å². The number of hydrogen-bond acceptors (Lipinski definition) is 7. The van der Waals surface area contributed by atoms with Gasteiger partial charge in [-0.3, -0.25) is 19.3 Å². The normalized spacial score (nSPS) is 10.1. The van der Waals surface area contributed by atoms with Gasteiger partial charge in [0.2, 0.25) is 0 Å². The molecule has 0 saturated carbocycles. The number of para-hydroxylation sites is 1. The zero-order valence-corrected chi connectivity index (χ0v) is 16.8. The van der Waals surface area contributed by atoms with Crippen LogP contribution < -0.4 is 9.64 Å². The predicted molar refractivity (Wildman–Crippen MR) is 108 cm³/mol. The number of amides is 1. The van der Waals surface area contributed by atoms with Crippen LogP contribution in [0.15, 0.2) is 54.6 Å². The van der Waals surface area contributed by atoms with E-state index < -0.39 is 31.1 Å². The molecule has 0 spiro atoms. The summed E-state index contributed by atoms with van der Waals surface area (Å²) in [5.74, 6) is -1.59. The summed E-state index contributed by atoms with van der Waals surface area (Å²) in [6.45, 7) is 2.05. The molecule has 0 bridgehead atoms. The molecular formula is C22H23NO7. The van der Waals surface area contributed by atoms with Gasteiger partial charge < -0.3 is 14.2 Å². The third-order valence-electron chi connectivity index (χ3n) is 3.94. The van der Waals surface area contributed by atoms with Gasteiger partial charge in [-0.05, 0) is 50.2 Å². The molecule has 0 radical (unpaired) electrons. The Morgan fingerprint density at radius 2 is 1.50 bits per heavy atom. The second-order valence-corrected chi connectivity index (χ2v) is 6.15. The number of ether oxygens (including phenoxy) is 3. The quantitative estimate of drug-likeness (QED) is 0.436. The number of esters is 2. The molecule has 0 atom stereocenters. The fourth-order valence-electron chi connectivity index (χ4n) is 2.46. The third-order valence-corrected chi connectivity index (χ3v) is 3.94. The second kappa shape index (κ2) is 11.4. The second-order valence-electron chi connectivity index (χ2n) is 6.15. The van der Waals surface area contributed by atoms with Gasteiger partial charge in [-0.1, -0.05) is 18.2 Å². The molecule has 0 fully saturated rings. The van der Waals surface area contributed by atoms with Crippen molar-refractivity contribution in [2.24, 2.45) is 0 Å². The maximum Gasteiger partial charge on any atom is 0.344 e. The SMILES string of the molecule is CCOC(=O)CN(C(=O)COC(=O)COc1ccc(C(C)=O)cc1)c1ccccc1. The van der Waals surface area contributed by atoms with E-state index >= 15 is 0 Å². The van der Waals surface area contributed by atoms with Crippen molar-refractivity contribution in [1.29, 1.82) is 0 Å². The van der Waals surface area contributed by atoms with E-state index in [-0.39, 0.29) is 18.9 Å². The number of carbonyl (C=O) groups excluding carboxylic acids is 4. The average molecular weight is 413 g/mol. The summed E-state index contributed by atoms with van der Waals surface area (Å²) in [6, 6.07) is 14.8. The van der Waals surface area contributed by atoms with Crippen molar-refractivity contribution >= 4 is 29.3 Å². The molecule has 30 heavy (non-hydrogen) atoms. The third kappa shape index (κ3) is 7.05. The number of hydrogen-bond donors (Lipinski definition) is 0. The molecule has 8 heteroatoms. The lowest BCUT2D eigenvalue weighted by Gasteiger charge is -2.21. The first kappa shape index (κ1) is 22.6. The summed E-state index contributed by atoms with van der Waals surface area (Å²) in [4.78, 5) is 48.7. The van der Waals surface area contributed by atoms with E-state index in [1.807, 2.05) is 0 Å². The Balaban J connectivity index is 1.89. The fourth-order valence-corrected chi connectivity index (χ4v) is 2.46. The number of rotatable bonds is 10. The molecule has 2 aromatic carbocycles. The number of ketones is 1. The summed E-state index contributed by atoms with van der Waals surface area (Å²) in [5, 5.41) is 0. The highest BCUT2D eigenvalue weighted by molar-refractivity contribution is 5.99. The number of anilines is 1. The first-order valence-corrected chi connectivity index (χ1v) is 9.31. The van der Waals surface area contributed by atoms with Crippen molar-refractivity contribution in [3.05, 3.63) is 60.2 Å². The van der Waals surface area contributed by atoms with Crippen LogP contribution in [-0.4, -0.2) is 50.0 Å². The number of Topliss-reactive ketones (excluding diaryl/α,β-unsaturated/α-hetero) is 1. The van der Waals surface area contributed by atoms with Crippen molar-refractivity contribution in [3.63, 3.8) is 0 Å². The van der Waals surface area contributed by atoms with Gasteiger partial charge in [-0.2, -0.15) is 0 Å². The first-order valence-electron chi connectivity index (χ1n) is 9.31. The van der Waals surface area contributed by atoms with Gasteiger partial charge in [0.1, 0.15) is 12.3 Å². The van der Waals surface area contributed by atoms with Gasteiger partial charge in [0.15, 0.2) is 19.0 Å². The zero-order valence-electron chi connectivity index (χ0n) is 16.8. The number of carbonyl (C=O) groups is 4. The lowest BCUT2D eigenvalue weighted by molar-refractivity contribution is -0.150. The van der Waals surface area contributed by atoms with Crippen molar-refractivity contribution in [1.82, 2.24) is 0 Å². The summed E-state index contributed by atoms with van der Waals surface area (Å²) < 4.78 is 15.2. The van der Waals surface area contributed by atoms with Crippen LogP contribution in [0, 0.1) is 0 Å². The molecule has 8 nitrogen and oxygen atoms in total. The van der Waals surface area contributed by atoms with Gasteiger partial charge >= 0.3 is 11.9 Å². The van der Waals surface area contributed by atoms with Crippen LogP contribution in [0.1, 0.15) is 24.2 Å². The van der Waals surface area contributed by atoms with Gasteiger partial charge in [0, 0.05) is 11.3 Å². The standard InChI is InChI=1S/C22H23NO7/c1-3-28-21(26)13-23(18-7-5-4-6-8-18)20(25)14-30-22(27)15-29-19-11-9-17(10-12-19)16(2)24/h4-12H,3,13-15H2,1-2H3. The first-order chi connectivity index (χ1) is 14.4. The van der Waals surface area contributed by atoms with Gasteiger partial charge in [0.05, 0.1) is 6.61 Å². The topological polar surface area (TPSA) is 99.2 Å². The van der Waals surface area contributed by atoms with E-state index in [2.05, 4.69) is 0 Å². The van der Waals surface area contributed by atoms with E-state index in [0.717, 1.165) is 0 Å². The van der Waals surface area contributed by atoms with E-state index in [1.165, 1.54) is 11.8 Å². The van der Waals surface area contributed by atoms with E-state index in [4.69, 9.17) is 14.2 Å². The molecule has 0 aliphatic rings. The van der Waals surface area contributed by atoms with Gasteiger partial charge in [-0.25, -0.2) is 4.79 Å². The molecule has 0 aliphatic carbocycles.